The molecule has 0 aromatic heterocycles. The van der Waals surface area contributed by atoms with Crippen molar-refractivity contribution < 1.29 is 28.6 Å². The van der Waals surface area contributed by atoms with Crippen LogP contribution in [0.3, 0.4) is 0 Å². The highest BCUT2D eigenvalue weighted by Gasteiger charge is 2.19. The molecule has 0 rings (SSSR count). The van der Waals surface area contributed by atoms with Crippen LogP contribution >= 0.6 is 0 Å². The summed E-state index contributed by atoms with van der Waals surface area (Å²) in [6, 6.07) is 0. The molecule has 0 heterocycles. The molecule has 1 unspecified atom stereocenters. The molecule has 0 spiro atoms. The molecule has 0 aromatic carbocycles. The zero-order chi connectivity index (χ0) is 56.4. The number of carbonyl (C=O) groups is 3. The highest BCUT2D eigenvalue weighted by atomic mass is 16.6. The number of ether oxygens (including phenoxy) is 3. The minimum Gasteiger partial charge on any atom is -0.462 e. The van der Waals surface area contributed by atoms with Gasteiger partial charge in [-0.3, -0.25) is 14.4 Å². The van der Waals surface area contributed by atoms with E-state index in [4.69, 9.17) is 14.2 Å². The summed E-state index contributed by atoms with van der Waals surface area (Å²) < 4.78 is 17.0. The highest BCUT2D eigenvalue weighted by Crippen LogP contribution is 2.18. The van der Waals surface area contributed by atoms with E-state index in [1.807, 2.05) is 0 Å². The molecule has 0 amide bonds. The van der Waals surface area contributed by atoms with E-state index >= 15 is 0 Å². The van der Waals surface area contributed by atoms with Crippen LogP contribution in [0.5, 0.6) is 0 Å². The van der Waals surface area contributed by atoms with Crippen molar-refractivity contribution in [3.63, 3.8) is 0 Å². The molecule has 0 aliphatic heterocycles. The molecule has 0 aliphatic carbocycles. The van der Waals surface area contributed by atoms with Gasteiger partial charge in [0, 0.05) is 19.3 Å². The standard InChI is InChI=1S/C72H136O6/c1-4-7-10-13-16-19-22-25-28-31-32-33-34-35-36-37-38-39-40-42-44-47-50-53-56-59-62-65-71(74)77-68-69(67-76-70(73)64-61-58-55-52-49-46-43-30-27-24-21-18-15-12-9-6-3)78-72(75)66-63-60-57-54-51-48-45-41-29-26-23-20-17-14-11-8-5-2/h26,29,31-32,69H,4-25,27-28,30,33-68H2,1-3H3/b29-26-,32-31-. The van der Waals surface area contributed by atoms with Gasteiger partial charge in [-0.25, -0.2) is 0 Å². The molecule has 0 saturated carbocycles. The Morgan fingerprint density at radius 3 is 0.641 bits per heavy atom. The van der Waals surface area contributed by atoms with Crippen LogP contribution in [0, 0.1) is 0 Å². The maximum Gasteiger partial charge on any atom is 0.306 e. The Hall–Kier alpha value is -2.11. The molecule has 0 N–H and O–H groups in total. The van der Waals surface area contributed by atoms with Crippen LogP contribution in [-0.4, -0.2) is 37.2 Å². The molecule has 0 fully saturated rings. The van der Waals surface area contributed by atoms with Crippen LogP contribution in [0.4, 0.5) is 0 Å². The zero-order valence-electron chi connectivity index (χ0n) is 53.0. The molecule has 0 aliphatic rings. The molecular formula is C72H136O6. The fourth-order valence-electron chi connectivity index (χ4n) is 10.8. The Kier molecular flexibility index (Phi) is 65.6. The third-order valence-electron chi connectivity index (χ3n) is 16.2. The van der Waals surface area contributed by atoms with Gasteiger partial charge in [-0.2, -0.15) is 0 Å². The van der Waals surface area contributed by atoms with Crippen molar-refractivity contribution in [2.75, 3.05) is 13.2 Å². The molecule has 0 aromatic rings. The second-order valence-corrected chi connectivity index (χ2v) is 24.1. The Bertz CT molecular complexity index is 1260. The van der Waals surface area contributed by atoms with Gasteiger partial charge in [0.1, 0.15) is 13.2 Å². The number of rotatable bonds is 66. The summed E-state index contributed by atoms with van der Waals surface area (Å²) in [5.74, 6) is -0.839. The van der Waals surface area contributed by atoms with Crippen molar-refractivity contribution in [3.05, 3.63) is 24.3 Å². The van der Waals surface area contributed by atoms with Crippen LogP contribution in [0.2, 0.25) is 0 Å². The van der Waals surface area contributed by atoms with Crippen molar-refractivity contribution in [2.45, 2.75) is 406 Å². The van der Waals surface area contributed by atoms with Gasteiger partial charge >= 0.3 is 17.9 Å². The highest BCUT2D eigenvalue weighted by molar-refractivity contribution is 5.71. The molecule has 1 atom stereocenters. The largest absolute Gasteiger partial charge is 0.462 e. The summed E-state index contributed by atoms with van der Waals surface area (Å²) in [6.07, 6.45) is 82.0. The molecule has 0 bridgehead atoms. The first-order chi connectivity index (χ1) is 38.5. The Morgan fingerprint density at radius 1 is 0.244 bits per heavy atom. The lowest BCUT2D eigenvalue weighted by Crippen LogP contribution is -2.30. The average Bonchev–Trinajstić information content (AvgIpc) is 3.44. The number of carbonyl (C=O) groups excluding carboxylic acids is 3. The number of hydrogen-bond acceptors (Lipinski definition) is 6. The van der Waals surface area contributed by atoms with Crippen LogP contribution in [0.1, 0.15) is 400 Å². The second-order valence-electron chi connectivity index (χ2n) is 24.1. The zero-order valence-corrected chi connectivity index (χ0v) is 53.0. The van der Waals surface area contributed by atoms with Crippen molar-refractivity contribution in [3.8, 4) is 0 Å². The van der Waals surface area contributed by atoms with Gasteiger partial charge in [0.15, 0.2) is 6.10 Å². The van der Waals surface area contributed by atoms with Crippen molar-refractivity contribution in [1.82, 2.24) is 0 Å². The van der Waals surface area contributed by atoms with Crippen molar-refractivity contribution in [1.29, 1.82) is 0 Å². The van der Waals surface area contributed by atoms with Crippen LogP contribution in [0.15, 0.2) is 24.3 Å². The molecule has 0 radical (unpaired) electrons. The third kappa shape index (κ3) is 64.7. The Labute approximate surface area is 487 Å². The number of esters is 3. The fourth-order valence-corrected chi connectivity index (χ4v) is 10.8. The molecule has 6 heteroatoms. The lowest BCUT2D eigenvalue weighted by Gasteiger charge is -2.18. The predicted molar refractivity (Wildman–Crippen MR) is 340 cm³/mol. The van der Waals surface area contributed by atoms with E-state index in [-0.39, 0.29) is 31.1 Å². The lowest BCUT2D eigenvalue weighted by atomic mass is 10.0. The monoisotopic (exact) mass is 1100 g/mol. The van der Waals surface area contributed by atoms with Crippen LogP contribution in [0.25, 0.3) is 0 Å². The van der Waals surface area contributed by atoms with Gasteiger partial charge in [-0.15, -0.1) is 0 Å². The maximum absolute atomic E-state index is 12.9. The fraction of sp³-hybridized carbons (Fsp3) is 0.903. The number of allylic oxidation sites excluding steroid dienone is 4. The first-order valence-corrected chi connectivity index (χ1v) is 35.3. The molecule has 460 valence electrons. The van der Waals surface area contributed by atoms with Gasteiger partial charge in [0.2, 0.25) is 0 Å². The van der Waals surface area contributed by atoms with Gasteiger partial charge in [0.25, 0.3) is 0 Å². The summed E-state index contributed by atoms with van der Waals surface area (Å²) in [6.45, 7) is 6.71. The van der Waals surface area contributed by atoms with E-state index in [1.54, 1.807) is 0 Å². The summed E-state index contributed by atoms with van der Waals surface area (Å²) in [7, 11) is 0. The van der Waals surface area contributed by atoms with E-state index < -0.39 is 6.10 Å². The molecule has 6 nitrogen and oxygen atoms in total. The molecule has 0 saturated heterocycles. The van der Waals surface area contributed by atoms with E-state index in [0.717, 1.165) is 57.8 Å². The number of unbranched alkanes of at least 4 members (excludes halogenated alkanes) is 51. The Balaban J connectivity index is 4.23. The normalized spacial score (nSPS) is 12.1. The molecular weight excluding hydrogens is 961 g/mol. The average molecular weight is 1100 g/mol. The maximum atomic E-state index is 12.9. The smallest absolute Gasteiger partial charge is 0.306 e. The molecule has 78 heavy (non-hydrogen) atoms. The summed E-state index contributed by atoms with van der Waals surface area (Å²) in [5.41, 5.74) is 0. The summed E-state index contributed by atoms with van der Waals surface area (Å²) >= 11 is 0. The first-order valence-electron chi connectivity index (χ1n) is 35.3. The van der Waals surface area contributed by atoms with E-state index in [0.29, 0.717) is 19.3 Å². The Morgan fingerprint density at radius 2 is 0.423 bits per heavy atom. The van der Waals surface area contributed by atoms with E-state index in [9.17, 15) is 14.4 Å². The first kappa shape index (κ1) is 75.9. The predicted octanol–water partition coefficient (Wildman–Crippen LogP) is 24.2. The van der Waals surface area contributed by atoms with Crippen LogP contribution in [-0.2, 0) is 28.6 Å². The van der Waals surface area contributed by atoms with Crippen molar-refractivity contribution >= 4 is 17.9 Å². The topological polar surface area (TPSA) is 78.9 Å². The van der Waals surface area contributed by atoms with Gasteiger partial charge < -0.3 is 14.2 Å². The lowest BCUT2D eigenvalue weighted by molar-refractivity contribution is -0.167. The SMILES string of the molecule is CCCCCCCC/C=C\CCCCCCCCCC(=O)OC(COC(=O)CCCCCCCCCCCCCCCCCC)COC(=O)CCCCCCCCCCCCCCCCC/C=C\CCCCCCCCCC. The second kappa shape index (κ2) is 67.4. The van der Waals surface area contributed by atoms with Gasteiger partial charge in [0.05, 0.1) is 0 Å². The minimum absolute atomic E-state index is 0.0668. The quantitative estimate of drug-likeness (QED) is 0.0261. The van der Waals surface area contributed by atoms with Gasteiger partial charge in [-0.1, -0.05) is 334 Å². The minimum atomic E-state index is -0.771. The summed E-state index contributed by atoms with van der Waals surface area (Å²) in [4.78, 5) is 38.4. The van der Waals surface area contributed by atoms with E-state index in [1.165, 1.54) is 302 Å². The van der Waals surface area contributed by atoms with Gasteiger partial charge in [-0.05, 0) is 70.6 Å². The number of hydrogen-bond donors (Lipinski definition) is 0. The summed E-state index contributed by atoms with van der Waals surface area (Å²) in [5, 5.41) is 0. The van der Waals surface area contributed by atoms with Crippen LogP contribution < -0.4 is 0 Å². The van der Waals surface area contributed by atoms with E-state index in [2.05, 4.69) is 45.1 Å². The third-order valence-corrected chi connectivity index (χ3v) is 16.2. The van der Waals surface area contributed by atoms with Crippen molar-refractivity contribution in [2.24, 2.45) is 0 Å².